The second kappa shape index (κ2) is 3.89. The molecule has 0 amide bonds. The van der Waals surface area contributed by atoms with Gasteiger partial charge in [-0.2, -0.15) is 0 Å². The van der Waals surface area contributed by atoms with Crippen LogP contribution in [-0.4, -0.2) is 0 Å². The van der Waals surface area contributed by atoms with Crippen LogP contribution in [0.4, 0.5) is 0 Å². The van der Waals surface area contributed by atoms with Crippen molar-refractivity contribution >= 4 is 22.6 Å². The summed E-state index contributed by atoms with van der Waals surface area (Å²) >= 11 is 2.51. The first kappa shape index (κ1) is 10.9. The summed E-state index contributed by atoms with van der Waals surface area (Å²) in [6.45, 7) is 0. The third kappa shape index (κ3) is 1.44. The average molecular weight is 330 g/mol. The normalized spacial score (nSPS) is 14.8. The SMILES string of the molecule is C#CCC1(I)c2ccccc2-c2ccccc21. The van der Waals surface area contributed by atoms with Gasteiger partial charge < -0.3 is 0 Å². The molecule has 0 bridgehead atoms. The minimum Gasteiger partial charge on any atom is -0.120 e. The summed E-state index contributed by atoms with van der Waals surface area (Å²) in [5.41, 5.74) is 5.35. The Morgan fingerprint density at radius 3 is 1.88 bits per heavy atom. The van der Waals surface area contributed by atoms with Gasteiger partial charge in [-0.3, -0.25) is 0 Å². The van der Waals surface area contributed by atoms with Crippen LogP contribution in [-0.2, 0) is 3.42 Å². The van der Waals surface area contributed by atoms with Crippen molar-refractivity contribution in [1.29, 1.82) is 0 Å². The van der Waals surface area contributed by atoms with Gasteiger partial charge in [0.2, 0.25) is 0 Å². The third-order valence-electron chi connectivity index (χ3n) is 3.34. The Kier molecular flexibility index (Phi) is 2.48. The van der Waals surface area contributed by atoms with Gasteiger partial charge in [-0.25, -0.2) is 0 Å². The largest absolute Gasteiger partial charge is 0.120 e. The lowest BCUT2D eigenvalue weighted by Gasteiger charge is -2.22. The fourth-order valence-corrected chi connectivity index (χ4v) is 3.76. The van der Waals surface area contributed by atoms with Crippen LogP contribution < -0.4 is 0 Å². The zero-order valence-electron chi connectivity index (χ0n) is 9.28. The molecule has 2 aromatic rings. The van der Waals surface area contributed by atoms with Crippen LogP contribution in [0.2, 0.25) is 0 Å². The summed E-state index contributed by atoms with van der Waals surface area (Å²) in [5, 5.41) is 0. The Hall–Kier alpha value is -1.27. The zero-order valence-corrected chi connectivity index (χ0v) is 11.4. The number of terminal acetylenes is 1. The van der Waals surface area contributed by atoms with E-state index >= 15 is 0 Å². The van der Waals surface area contributed by atoms with Crippen LogP contribution in [0.5, 0.6) is 0 Å². The molecule has 0 heterocycles. The van der Waals surface area contributed by atoms with E-state index in [9.17, 15) is 0 Å². The molecular formula is C16H11I. The van der Waals surface area contributed by atoms with Gasteiger partial charge in [0, 0.05) is 6.42 Å². The van der Waals surface area contributed by atoms with Gasteiger partial charge in [0.15, 0.2) is 0 Å². The van der Waals surface area contributed by atoms with Gasteiger partial charge in [-0.1, -0.05) is 71.1 Å². The fourth-order valence-electron chi connectivity index (χ4n) is 2.60. The van der Waals surface area contributed by atoms with E-state index in [1.807, 2.05) is 0 Å². The molecule has 0 nitrogen and oxygen atoms in total. The van der Waals surface area contributed by atoms with E-state index in [4.69, 9.17) is 6.42 Å². The molecule has 1 aliphatic rings. The van der Waals surface area contributed by atoms with Crippen molar-refractivity contribution in [2.45, 2.75) is 9.84 Å². The second-order valence-electron chi connectivity index (χ2n) is 4.27. The predicted octanol–water partition coefficient (Wildman–Crippen LogP) is 4.37. The lowest BCUT2D eigenvalue weighted by atomic mass is 9.94. The quantitative estimate of drug-likeness (QED) is 0.414. The molecule has 2 aromatic carbocycles. The highest BCUT2D eigenvalue weighted by molar-refractivity contribution is 14.1. The molecule has 0 saturated heterocycles. The summed E-state index contributed by atoms with van der Waals surface area (Å²) < 4.78 is -0.0559. The maximum atomic E-state index is 5.55. The molecule has 0 fully saturated rings. The number of rotatable bonds is 1. The highest BCUT2D eigenvalue weighted by atomic mass is 127. The van der Waals surface area contributed by atoms with Crippen molar-refractivity contribution in [3.05, 3.63) is 59.7 Å². The highest BCUT2D eigenvalue weighted by Gasteiger charge is 2.39. The minimum absolute atomic E-state index is 0.0559. The summed E-state index contributed by atoms with van der Waals surface area (Å²) in [5.74, 6) is 2.82. The molecule has 0 N–H and O–H groups in total. The second-order valence-corrected chi connectivity index (χ2v) is 6.11. The minimum atomic E-state index is -0.0559. The monoisotopic (exact) mass is 330 g/mol. The van der Waals surface area contributed by atoms with Gasteiger partial charge in [0.1, 0.15) is 0 Å². The highest BCUT2D eigenvalue weighted by Crippen LogP contribution is 2.54. The molecule has 0 radical (unpaired) electrons. The van der Waals surface area contributed by atoms with Crippen molar-refractivity contribution in [1.82, 2.24) is 0 Å². The molecule has 1 heteroatoms. The van der Waals surface area contributed by atoms with E-state index in [2.05, 4.69) is 77.0 Å². The smallest absolute Gasteiger partial charge is 0.0839 e. The predicted molar refractivity (Wildman–Crippen MR) is 80.1 cm³/mol. The van der Waals surface area contributed by atoms with E-state index in [0.29, 0.717) is 0 Å². The van der Waals surface area contributed by atoms with Gasteiger partial charge in [0.05, 0.1) is 3.42 Å². The maximum Gasteiger partial charge on any atom is 0.0839 e. The Bertz CT molecular complexity index is 574. The van der Waals surface area contributed by atoms with Crippen LogP contribution in [0, 0.1) is 12.3 Å². The first-order chi connectivity index (χ1) is 8.27. The average Bonchev–Trinajstić information content (AvgIpc) is 2.62. The Morgan fingerprint density at radius 1 is 0.941 bits per heavy atom. The first-order valence-corrected chi connectivity index (χ1v) is 6.67. The standard InChI is InChI=1S/C16H11I/c1-2-11-16(17)14-9-5-3-7-12(14)13-8-4-6-10-15(13)16/h1,3-10H,11H2. The zero-order chi connectivity index (χ0) is 11.9. The molecule has 0 unspecified atom stereocenters. The maximum absolute atomic E-state index is 5.55. The molecule has 0 saturated carbocycles. The van der Waals surface area contributed by atoms with Gasteiger partial charge >= 0.3 is 0 Å². The summed E-state index contributed by atoms with van der Waals surface area (Å²) in [4.78, 5) is 0. The summed E-state index contributed by atoms with van der Waals surface area (Å²) in [7, 11) is 0. The molecule has 82 valence electrons. The van der Waals surface area contributed by atoms with Crippen molar-refractivity contribution in [3.63, 3.8) is 0 Å². The topological polar surface area (TPSA) is 0 Å². The van der Waals surface area contributed by atoms with Crippen LogP contribution in [0.3, 0.4) is 0 Å². The molecular weight excluding hydrogens is 319 g/mol. The number of hydrogen-bond donors (Lipinski definition) is 0. The molecule has 17 heavy (non-hydrogen) atoms. The van der Waals surface area contributed by atoms with E-state index in [0.717, 1.165) is 6.42 Å². The van der Waals surface area contributed by atoms with Crippen LogP contribution >= 0.6 is 22.6 Å². The molecule has 0 aliphatic heterocycles. The Balaban J connectivity index is 2.36. The number of benzene rings is 2. The van der Waals surface area contributed by atoms with Crippen molar-refractivity contribution < 1.29 is 0 Å². The van der Waals surface area contributed by atoms with Crippen LogP contribution in [0.1, 0.15) is 17.5 Å². The Morgan fingerprint density at radius 2 is 1.41 bits per heavy atom. The van der Waals surface area contributed by atoms with E-state index < -0.39 is 0 Å². The molecule has 0 aromatic heterocycles. The molecule has 1 aliphatic carbocycles. The summed E-state index contributed by atoms with van der Waals surface area (Å²) in [6, 6.07) is 17.1. The van der Waals surface area contributed by atoms with Gasteiger partial charge in [0.25, 0.3) is 0 Å². The van der Waals surface area contributed by atoms with Crippen molar-refractivity contribution in [3.8, 4) is 23.5 Å². The lowest BCUT2D eigenvalue weighted by Crippen LogP contribution is -2.15. The van der Waals surface area contributed by atoms with Crippen LogP contribution in [0.25, 0.3) is 11.1 Å². The molecule has 0 atom stereocenters. The number of fused-ring (bicyclic) bond motifs is 3. The third-order valence-corrected chi connectivity index (χ3v) is 4.89. The molecule has 3 rings (SSSR count). The van der Waals surface area contributed by atoms with Crippen molar-refractivity contribution in [2.24, 2.45) is 0 Å². The number of halogens is 1. The first-order valence-electron chi connectivity index (χ1n) is 5.59. The number of hydrogen-bond acceptors (Lipinski definition) is 0. The van der Waals surface area contributed by atoms with E-state index in [-0.39, 0.29) is 3.42 Å². The lowest BCUT2D eigenvalue weighted by molar-refractivity contribution is 0.836. The van der Waals surface area contributed by atoms with Crippen molar-refractivity contribution in [2.75, 3.05) is 0 Å². The fraction of sp³-hybridized carbons (Fsp3) is 0.125. The van der Waals surface area contributed by atoms with Gasteiger partial charge in [-0.15, -0.1) is 12.3 Å². The van der Waals surface area contributed by atoms with E-state index in [1.54, 1.807) is 0 Å². The summed E-state index contributed by atoms with van der Waals surface area (Å²) in [6.07, 6.45) is 6.29. The van der Waals surface area contributed by atoms with Gasteiger partial charge in [-0.05, 0) is 22.3 Å². The van der Waals surface area contributed by atoms with Crippen LogP contribution in [0.15, 0.2) is 48.5 Å². The number of alkyl halides is 1. The molecule has 0 spiro atoms. The van der Waals surface area contributed by atoms with E-state index in [1.165, 1.54) is 22.3 Å². The Labute approximate surface area is 115 Å².